The average molecular weight is 428 g/mol. The van der Waals surface area contributed by atoms with E-state index in [4.69, 9.17) is 10.00 Å². The molecule has 0 atom stereocenters. The Morgan fingerprint density at radius 2 is 1.88 bits per heavy atom. The molecule has 1 aliphatic heterocycles. The van der Waals surface area contributed by atoms with Crippen LogP contribution in [0.4, 0.5) is 17.3 Å². The highest BCUT2D eigenvalue weighted by Gasteiger charge is 2.10. The summed E-state index contributed by atoms with van der Waals surface area (Å²) in [6.45, 7) is 3.45. The van der Waals surface area contributed by atoms with Crippen LogP contribution in [-0.4, -0.2) is 48.7 Å². The summed E-state index contributed by atoms with van der Waals surface area (Å²) in [5.41, 5.74) is 4.18. The number of hydrogen-bond acceptors (Lipinski definition) is 7. The highest BCUT2D eigenvalue weighted by Crippen LogP contribution is 2.23. The number of nitrogens with zero attached hydrogens (tertiary/aromatic N) is 4. The number of nitrogens with one attached hydrogen (secondary N) is 2. The smallest absolute Gasteiger partial charge is 0.252 e. The van der Waals surface area contributed by atoms with Crippen molar-refractivity contribution in [1.29, 1.82) is 5.26 Å². The van der Waals surface area contributed by atoms with Crippen molar-refractivity contribution in [2.45, 2.75) is 6.42 Å². The first kappa shape index (κ1) is 21.3. The third-order valence-corrected chi connectivity index (χ3v) is 5.14. The Bertz CT molecular complexity index is 1080. The molecule has 0 unspecified atom stereocenters. The van der Waals surface area contributed by atoms with Crippen molar-refractivity contribution in [2.24, 2.45) is 0 Å². The molecule has 8 nitrogen and oxygen atoms in total. The molecule has 8 heteroatoms. The van der Waals surface area contributed by atoms with Crippen molar-refractivity contribution >= 4 is 23.2 Å². The number of anilines is 3. The van der Waals surface area contributed by atoms with E-state index in [9.17, 15) is 4.79 Å². The zero-order valence-corrected chi connectivity index (χ0v) is 17.6. The molecule has 0 radical (unpaired) electrons. The van der Waals surface area contributed by atoms with Crippen LogP contribution >= 0.6 is 0 Å². The molecule has 32 heavy (non-hydrogen) atoms. The molecule has 1 aliphatic rings. The predicted molar refractivity (Wildman–Crippen MR) is 123 cm³/mol. The van der Waals surface area contributed by atoms with Crippen LogP contribution in [0, 0.1) is 11.3 Å². The Balaban J connectivity index is 1.43. The molecule has 162 valence electrons. The van der Waals surface area contributed by atoms with Crippen molar-refractivity contribution < 1.29 is 9.53 Å². The molecule has 1 aromatic heterocycles. The largest absolute Gasteiger partial charge is 0.380 e. The molecule has 0 bridgehead atoms. The molecule has 3 aromatic rings. The number of nitriles is 1. The van der Waals surface area contributed by atoms with Crippen LogP contribution < -0.4 is 15.5 Å². The first-order chi connectivity index (χ1) is 15.7. The van der Waals surface area contributed by atoms with Gasteiger partial charge in [-0.15, -0.1) is 0 Å². The Labute approximate surface area is 186 Å². The topological polar surface area (TPSA) is 103 Å². The molecular formula is C24H24N6O2. The lowest BCUT2D eigenvalue weighted by atomic mass is 10.1. The Morgan fingerprint density at radius 3 is 2.66 bits per heavy atom. The number of hydrogen-bond donors (Lipinski definition) is 2. The molecule has 0 spiro atoms. The summed E-state index contributed by atoms with van der Waals surface area (Å²) < 4.78 is 5.53. The van der Waals surface area contributed by atoms with E-state index in [1.807, 2.05) is 36.4 Å². The van der Waals surface area contributed by atoms with Crippen molar-refractivity contribution in [1.82, 2.24) is 15.3 Å². The van der Waals surface area contributed by atoms with E-state index in [1.165, 1.54) is 5.69 Å². The molecule has 2 N–H and O–H groups in total. The average Bonchev–Trinajstić information content (AvgIpc) is 3.13. The van der Waals surface area contributed by atoms with Gasteiger partial charge in [0.25, 0.3) is 5.91 Å². The second-order valence-electron chi connectivity index (χ2n) is 7.31. The number of carbonyl (C=O) groups excluding carboxylic acids is 1. The van der Waals surface area contributed by atoms with Gasteiger partial charge in [-0.1, -0.05) is 12.1 Å². The maximum Gasteiger partial charge on any atom is 0.252 e. The molecular weight excluding hydrogens is 404 g/mol. The van der Waals surface area contributed by atoms with E-state index < -0.39 is 0 Å². The summed E-state index contributed by atoms with van der Waals surface area (Å²) in [5, 5.41) is 14.4. The van der Waals surface area contributed by atoms with Gasteiger partial charge in [0.15, 0.2) is 0 Å². The quantitative estimate of drug-likeness (QED) is 0.580. The summed E-state index contributed by atoms with van der Waals surface area (Å²) in [5.74, 6) is 0.216. The summed E-state index contributed by atoms with van der Waals surface area (Å²) in [4.78, 5) is 23.2. The van der Waals surface area contributed by atoms with Gasteiger partial charge in [-0.2, -0.15) is 5.26 Å². The zero-order valence-electron chi connectivity index (χ0n) is 17.6. The second kappa shape index (κ2) is 10.4. The molecule has 4 rings (SSSR count). The fourth-order valence-corrected chi connectivity index (χ4v) is 3.48. The summed E-state index contributed by atoms with van der Waals surface area (Å²) >= 11 is 0. The van der Waals surface area contributed by atoms with Crippen LogP contribution in [0.1, 0.15) is 16.8 Å². The maximum absolute atomic E-state index is 11.9. The van der Waals surface area contributed by atoms with E-state index in [0.717, 1.165) is 49.7 Å². The minimum atomic E-state index is -0.278. The first-order valence-corrected chi connectivity index (χ1v) is 10.5. The Kier molecular flexibility index (Phi) is 6.90. The molecule has 0 aliphatic carbocycles. The zero-order chi connectivity index (χ0) is 22.2. The van der Waals surface area contributed by atoms with Crippen LogP contribution in [0.5, 0.6) is 0 Å². The van der Waals surface area contributed by atoms with Gasteiger partial charge in [0, 0.05) is 48.4 Å². The lowest BCUT2D eigenvalue weighted by Crippen LogP contribution is -2.25. The highest BCUT2D eigenvalue weighted by atomic mass is 16.5. The van der Waals surface area contributed by atoms with Crippen molar-refractivity contribution in [2.75, 3.05) is 43.1 Å². The van der Waals surface area contributed by atoms with E-state index in [0.29, 0.717) is 11.5 Å². The lowest BCUT2D eigenvalue weighted by Gasteiger charge is -2.22. The normalized spacial score (nSPS) is 13.7. The van der Waals surface area contributed by atoms with Gasteiger partial charge in [0.1, 0.15) is 6.54 Å². The van der Waals surface area contributed by atoms with Crippen LogP contribution in [0.15, 0.2) is 60.8 Å². The van der Waals surface area contributed by atoms with Crippen molar-refractivity contribution in [3.8, 4) is 17.3 Å². The second-order valence-corrected chi connectivity index (χ2v) is 7.31. The van der Waals surface area contributed by atoms with Gasteiger partial charge in [-0.25, -0.2) is 9.97 Å². The van der Waals surface area contributed by atoms with Gasteiger partial charge in [0.05, 0.1) is 18.4 Å². The number of carbonyl (C=O) groups is 1. The summed E-state index contributed by atoms with van der Waals surface area (Å²) in [6.07, 6.45) is 2.73. The standard InChI is InChI=1S/C24H24N6O2/c25-11-13-26-23(31)19-4-2-18(3-5-19)22-10-12-27-24(29-22)28-20-6-8-21(9-7-20)30-14-1-16-32-17-15-30/h2-10,12H,1,13-17H2,(H,26,31)(H,27,28,29). The Hall–Kier alpha value is -3.96. The van der Waals surface area contributed by atoms with E-state index in [1.54, 1.807) is 18.3 Å². The first-order valence-electron chi connectivity index (χ1n) is 10.5. The fraction of sp³-hybridized carbons (Fsp3) is 0.250. The summed E-state index contributed by atoms with van der Waals surface area (Å²) in [6, 6.07) is 19.0. The predicted octanol–water partition coefficient (Wildman–Crippen LogP) is 3.37. The van der Waals surface area contributed by atoms with Gasteiger partial charge in [0.2, 0.25) is 5.95 Å². The molecule has 1 saturated heterocycles. The number of aromatic nitrogens is 2. The lowest BCUT2D eigenvalue weighted by molar-refractivity contribution is 0.0958. The highest BCUT2D eigenvalue weighted by molar-refractivity contribution is 5.94. The minimum absolute atomic E-state index is 0.0189. The number of ether oxygens (including phenoxy) is 1. The maximum atomic E-state index is 11.9. The van der Waals surface area contributed by atoms with E-state index >= 15 is 0 Å². The van der Waals surface area contributed by atoms with Crippen LogP contribution in [-0.2, 0) is 4.74 Å². The van der Waals surface area contributed by atoms with Crippen molar-refractivity contribution in [3.63, 3.8) is 0 Å². The van der Waals surface area contributed by atoms with Gasteiger partial charge < -0.3 is 20.3 Å². The summed E-state index contributed by atoms with van der Waals surface area (Å²) in [7, 11) is 0. The number of amides is 1. The van der Waals surface area contributed by atoms with E-state index in [2.05, 4.69) is 37.6 Å². The Morgan fingerprint density at radius 1 is 1.06 bits per heavy atom. The van der Waals surface area contributed by atoms with Crippen molar-refractivity contribution in [3.05, 3.63) is 66.4 Å². The van der Waals surface area contributed by atoms with Crippen LogP contribution in [0.3, 0.4) is 0 Å². The number of benzene rings is 2. The molecule has 2 heterocycles. The van der Waals surface area contributed by atoms with Gasteiger partial charge in [-0.3, -0.25) is 4.79 Å². The van der Waals surface area contributed by atoms with Crippen LogP contribution in [0.2, 0.25) is 0 Å². The molecule has 2 aromatic carbocycles. The monoisotopic (exact) mass is 428 g/mol. The molecule has 0 saturated carbocycles. The van der Waals surface area contributed by atoms with Gasteiger partial charge >= 0.3 is 0 Å². The van der Waals surface area contributed by atoms with Gasteiger partial charge in [-0.05, 0) is 48.9 Å². The minimum Gasteiger partial charge on any atom is -0.380 e. The SMILES string of the molecule is N#CCNC(=O)c1ccc(-c2ccnc(Nc3ccc(N4CCCOCC4)cc3)n2)cc1. The van der Waals surface area contributed by atoms with Crippen LogP contribution in [0.25, 0.3) is 11.3 Å². The third kappa shape index (κ3) is 5.39. The van der Waals surface area contributed by atoms with E-state index in [-0.39, 0.29) is 12.5 Å². The fourth-order valence-electron chi connectivity index (χ4n) is 3.48. The number of rotatable bonds is 6. The third-order valence-electron chi connectivity index (χ3n) is 5.14. The molecule has 1 amide bonds. The molecule has 1 fully saturated rings.